The van der Waals surface area contributed by atoms with Gasteiger partial charge in [0.05, 0.1) is 11.6 Å². The summed E-state index contributed by atoms with van der Waals surface area (Å²) in [6, 6.07) is 4.31. The van der Waals surface area contributed by atoms with Crippen molar-refractivity contribution in [3.8, 4) is 5.75 Å². The molecule has 0 aromatic heterocycles. The van der Waals surface area contributed by atoms with E-state index in [0.29, 0.717) is 5.56 Å². The lowest BCUT2D eigenvalue weighted by molar-refractivity contribution is -0.0329. The Bertz CT molecular complexity index is 469. The van der Waals surface area contributed by atoms with E-state index in [4.69, 9.17) is 27.3 Å². The second-order valence-corrected chi connectivity index (χ2v) is 4.84. The topological polar surface area (TPSA) is 67.8 Å². The van der Waals surface area contributed by atoms with E-state index in [-0.39, 0.29) is 40.7 Å². The van der Waals surface area contributed by atoms with E-state index in [1.807, 2.05) is 0 Å². The summed E-state index contributed by atoms with van der Waals surface area (Å²) in [6.45, 7) is -0.132. The fourth-order valence-electron chi connectivity index (χ4n) is 1.14. The van der Waals surface area contributed by atoms with Gasteiger partial charge in [-0.3, -0.25) is 0 Å². The van der Waals surface area contributed by atoms with Gasteiger partial charge in [-0.1, -0.05) is 16.8 Å². The molecular weight excluding hydrogens is 305 g/mol. The molecule has 19 heavy (non-hydrogen) atoms. The average Bonchev–Trinajstić information content (AvgIpc) is 2.33. The van der Waals surface area contributed by atoms with Crippen molar-refractivity contribution in [2.75, 3.05) is 12.4 Å². The van der Waals surface area contributed by atoms with E-state index in [0.717, 1.165) is 0 Å². The predicted octanol–water partition coefficient (Wildman–Crippen LogP) is 3.07. The maximum absolute atomic E-state index is 11.9. The Kier molecular flexibility index (Phi) is 5.61. The molecule has 0 heterocycles. The number of oxime groups is 1. The van der Waals surface area contributed by atoms with Gasteiger partial charge in [0.25, 0.3) is 0 Å². The van der Waals surface area contributed by atoms with Crippen LogP contribution in [0.25, 0.3) is 0 Å². The minimum atomic E-state index is -4.27. The van der Waals surface area contributed by atoms with Crippen LogP contribution in [0.1, 0.15) is 5.56 Å². The van der Waals surface area contributed by atoms with Crippen LogP contribution in [0.5, 0.6) is 5.75 Å². The predicted molar refractivity (Wildman–Crippen MR) is 68.0 cm³/mol. The summed E-state index contributed by atoms with van der Waals surface area (Å²) in [5.41, 5.74) is 1.46. The smallest absolute Gasteiger partial charge is 0.441 e. The molecule has 0 radical (unpaired) electrons. The first-order valence-corrected chi connectivity index (χ1v) is 6.31. The van der Waals surface area contributed by atoms with Gasteiger partial charge in [-0.2, -0.15) is 13.2 Å². The van der Waals surface area contributed by atoms with Gasteiger partial charge in [0.15, 0.2) is 5.84 Å². The van der Waals surface area contributed by atoms with E-state index in [2.05, 4.69) is 5.16 Å². The Labute approximate surface area is 116 Å². The van der Waals surface area contributed by atoms with Gasteiger partial charge in [0.1, 0.15) is 5.75 Å². The van der Waals surface area contributed by atoms with Crippen molar-refractivity contribution in [2.24, 2.45) is 10.9 Å². The van der Waals surface area contributed by atoms with Crippen LogP contribution >= 0.6 is 23.4 Å². The van der Waals surface area contributed by atoms with Crippen molar-refractivity contribution < 1.29 is 23.1 Å². The Morgan fingerprint density at radius 2 is 2.16 bits per heavy atom. The van der Waals surface area contributed by atoms with Crippen LogP contribution in [0.2, 0.25) is 5.02 Å². The lowest BCUT2D eigenvalue weighted by Gasteiger charge is -2.10. The number of ether oxygens (including phenoxy) is 1. The van der Waals surface area contributed by atoms with Gasteiger partial charge < -0.3 is 15.7 Å². The number of nitrogens with zero attached hydrogens (tertiary/aromatic N) is 1. The largest absolute Gasteiger partial charge is 0.491 e. The number of hydrogen-bond acceptors (Lipinski definition) is 4. The highest BCUT2D eigenvalue weighted by molar-refractivity contribution is 8.00. The quantitative estimate of drug-likeness (QED) is 0.288. The highest BCUT2D eigenvalue weighted by Crippen LogP contribution is 2.30. The van der Waals surface area contributed by atoms with Crippen LogP contribution in [0.4, 0.5) is 13.2 Å². The first-order valence-electron chi connectivity index (χ1n) is 4.94. The maximum atomic E-state index is 11.9. The van der Waals surface area contributed by atoms with Crippen LogP contribution < -0.4 is 10.5 Å². The first-order chi connectivity index (χ1) is 8.83. The van der Waals surface area contributed by atoms with Crippen molar-refractivity contribution >= 4 is 29.2 Å². The molecule has 0 amide bonds. The molecule has 1 aromatic carbocycles. The molecule has 0 aliphatic heterocycles. The number of hydrogen-bond donors (Lipinski definition) is 2. The lowest BCUT2D eigenvalue weighted by Crippen LogP contribution is -2.13. The van der Waals surface area contributed by atoms with Crippen molar-refractivity contribution in [1.29, 1.82) is 0 Å². The van der Waals surface area contributed by atoms with Crippen LogP contribution in [0.3, 0.4) is 0 Å². The summed E-state index contributed by atoms with van der Waals surface area (Å²) in [6.07, 6.45) is 0. The Morgan fingerprint density at radius 1 is 1.47 bits per heavy atom. The van der Waals surface area contributed by atoms with Crippen LogP contribution in [-0.2, 0) is 0 Å². The van der Waals surface area contributed by atoms with Crippen molar-refractivity contribution in [3.63, 3.8) is 0 Å². The number of nitrogens with two attached hydrogens (primary N) is 1. The van der Waals surface area contributed by atoms with Crippen molar-refractivity contribution in [1.82, 2.24) is 0 Å². The molecule has 0 atom stereocenters. The van der Waals surface area contributed by atoms with Gasteiger partial charge in [-0.05, 0) is 30.0 Å². The highest BCUT2D eigenvalue weighted by atomic mass is 35.5. The standard InChI is InChI=1S/C10H10ClF3N2O2S/c11-7-5-6(9(15)16-17)1-2-8(7)18-3-4-19-10(12,13)14/h1-2,5,17H,3-4H2,(H2,15,16). The third kappa shape index (κ3) is 5.48. The van der Waals surface area contributed by atoms with Gasteiger partial charge in [0.2, 0.25) is 0 Å². The van der Waals surface area contributed by atoms with Gasteiger partial charge in [-0.25, -0.2) is 0 Å². The van der Waals surface area contributed by atoms with E-state index in [1.165, 1.54) is 18.2 Å². The molecular formula is C10H10ClF3N2O2S. The van der Waals surface area contributed by atoms with Crippen LogP contribution in [0.15, 0.2) is 23.4 Å². The fraction of sp³-hybridized carbons (Fsp3) is 0.300. The molecule has 4 nitrogen and oxygen atoms in total. The summed E-state index contributed by atoms with van der Waals surface area (Å²) in [5.74, 6) is -0.123. The van der Waals surface area contributed by atoms with Gasteiger partial charge >= 0.3 is 5.51 Å². The number of benzene rings is 1. The van der Waals surface area contributed by atoms with E-state index < -0.39 is 5.51 Å². The Morgan fingerprint density at radius 3 is 2.68 bits per heavy atom. The molecule has 3 N–H and O–H groups in total. The van der Waals surface area contributed by atoms with E-state index in [9.17, 15) is 13.2 Å². The summed E-state index contributed by atoms with van der Waals surface area (Å²) >= 11 is 5.68. The lowest BCUT2D eigenvalue weighted by atomic mass is 10.2. The zero-order chi connectivity index (χ0) is 14.5. The van der Waals surface area contributed by atoms with Gasteiger partial charge in [-0.15, -0.1) is 0 Å². The number of amidine groups is 1. The minimum absolute atomic E-state index is 0.124. The molecule has 0 saturated carbocycles. The third-order valence-corrected chi connectivity index (χ3v) is 2.94. The second-order valence-electron chi connectivity index (χ2n) is 3.27. The molecule has 0 aliphatic carbocycles. The molecule has 0 unspecified atom stereocenters. The zero-order valence-corrected chi connectivity index (χ0v) is 11.0. The summed E-state index contributed by atoms with van der Waals surface area (Å²) < 4.78 is 40.7. The summed E-state index contributed by atoms with van der Waals surface area (Å²) in [7, 11) is 0. The number of thioether (sulfide) groups is 1. The normalized spacial score (nSPS) is 12.5. The van der Waals surface area contributed by atoms with Crippen LogP contribution in [0, 0.1) is 0 Å². The first kappa shape index (κ1) is 15.8. The summed E-state index contributed by atoms with van der Waals surface area (Å²) in [5, 5.41) is 11.4. The molecule has 0 spiro atoms. The van der Waals surface area contributed by atoms with Crippen LogP contribution in [-0.4, -0.2) is 28.9 Å². The zero-order valence-electron chi connectivity index (χ0n) is 9.45. The van der Waals surface area contributed by atoms with Gasteiger partial charge in [0, 0.05) is 11.3 Å². The molecule has 0 saturated heterocycles. The van der Waals surface area contributed by atoms with Crippen molar-refractivity contribution in [3.05, 3.63) is 28.8 Å². The Hall–Kier alpha value is -1.28. The second kappa shape index (κ2) is 6.76. The fourth-order valence-corrected chi connectivity index (χ4v) is 1.78. The average molecular weight is 315 g/mol. The molecule has 0 aliphatic rings. The van der Waals surface area contributed by atoms with Crippen molar-refractivity contribution in [2.45, 2.75) is 5.51 Å². The molecule has 1 aromatic rings. The molecule has 9 heteroatoms. The monoisotopic (exact) mass is 314 g/mol. The Balaban J connectivity index is 2.56. The number of rotatable bonds is 5. The molecule has 0 bridgehead atoms. The van der Waals surface area contributed by atoms with E-state index >= 15 is 0 Å². The minimum Gasteiger partial charge on any atom is -0.491 e. The SMILES string of the molecule is N/C(=N/O)c1ccc(OCCSC(F)(F)F)c(Cl)c1. The maximum Gasteiger partial charge on any atom is 0.441 e. The molecule has 106 valence electrons. The number of alkyl halides is 3. The van der Waals surface area contributed by atoms with E-state index in [1.54, 1.807) is 0 Å². The molecule has 1 rings (SSSR count). The number of halogens is 4. The third-order valence-electron chi connectivity index (χ3n) is 1.94. The summed E-state index contributed by atoms with van der Waals surface area (Å²) in [4.78, 5) is 0. The highest BCUT2D eigenvalue weighted by Gasteiger charge is 2.27. The molecule has 0 fully saturated rings.